The van der Waals surface area contributed by atoms with E-state index >= 15 is 0 Å². The molecule has 1 aromatic heterocycles. The molecule has 0 aromatic carbocycles. The van der Waals surface area contributed by atoms with Gasteiger partial charge in [0.15, 0.2) is 0 Å². The molecular formula is C15H26N4. The SMILES string of the molecule is CCCCCNc1cc(NC2CCCCC2)ncn1. The van der Waals surface area contributed by atoms with Crippen molar-refractivity contribution >= 4 is 11.6 Å². The monoisotopic (exact) mass is 262 g/mol. The van der Waals surface area contributed by atoms with Gasteiger partial charge < -0.3 is 10.6 Å². The predicted octanol–water partition coefficient (Wildman–Crippen LogP) is 3.82. The number of nitrogens with zero attached hydrogens (tertiary/aromatic N) is 2. The Labute approximate surface area is 116 Å². The van der Waals surface area contributed by atoms with Crippen LogP contribution in [-0.4, -0.2) is 22.6 Å². The maximum atomic E-state index is 4.32. The highest BCUT2D eigenvalue weighted by Crippen LogP contribution is 2.21. The molecule has 0 radical (unpaired) electrons. The highest BCUT2D eigenvalue weighted by molar-refractivity contribution is 5.46. The van der Waals surface area contributed by atoms with Crippen molar-refractivity contribution in [2.24, 2.45) is 0 Å². The predicted molar refractivity (Wildman–Crippen MR) is 80.5 cm³/mol. The van der Waals surface area contributed by atoms with Crippen LogP contribution in [0.5, 0.6) is 0 Å². The van der Waals surface area contributed by atoms with E-state index in [4.69, 9.17) is 0 Å². The fraction of sp³-hybridized carbons (Fsp3) is 0.733. The van der Waals surface area contributed by atoms with Gasteiger partial charge in [-0.1, -0.05) is 39.0 Å². The lowest BCUT2D eigenvalue weighted by atomic mass is 9.95. The zero-order chi connectivity index (χ0) is 13.3. The fourth-order valence-corrected chi connectivity index (χ4v) is 2.58. The minimum absolute atomic E-state index is 0.594. The molecule has 4 nitrogen and oxygen atoms in total. The summed E-state index contributed by atoms with van der Waals surface area (Å²) in [7, 11) is 0. The topological polar surface area (TPSA) is 49.8 Å². The van der Waals surface area contributed by atoms with Crippen molar-refractivity contribution in [2.75, 3.05) is 17.2 Å². The molecule has 1 heterocycles. The Balaban J connectivity index is 1.80. The van der Waals surface area contributed by atoms with E-state index in [0.29, 0.717) is 6.04 Å². The third-order valence-corrected chi connectivity index (χ3v) is 3.71. The maximum Gasteiger partial charge on any atom is 0.131 e. The minimum atomic E-state index is 0.594. The van der Waals surface area contributed by atoms with Crippen LogP contribution in [0.3, 0.4) is 0 Å². The normalized spacial score (nSPS) is 16.3. The average molecular weight is 262 g/mol. The van der Waals surface area contributed by atoms with Crippen LogP contribution in [0.25, 0.3) is 0 Å². The van der Waals surface area contributed by atoms with Crippen LogP contribution < -0.4 is 10.6 Å². The van der Waals surface area contributed by atoms with E-state index < -0.39 is 0 Å². The van der Waals surface area contributed by atoms with Crippen molar-refractivity contribution in [1.82, 2.24) is 9.97 Å². The van der Waals surface area contributed by atoms with Crippen LogP contribution >= 0.6 is 0 Å². The first-order chi connectivity index (χ1) is 9.38. The summed E-state index contributed by atoms with van der Waals surface area (Å²) in [6.07, 6.45) is 12.0. The molecule has 1 saturated carbocycles. The van der Waals surface area contributed by atoms with Crippen LogP contribution in [0.1, 0.15) is 58.3 Å². The molecule has 0 spiro atoms. The fourth-order valence-electron chi connectivity index (χ4n) is 2.58. The first-order valence-electron chi connectivity index (χ1n) is 7.71. The highest BCUT2D eigenvalue weighted by Gasteiger charge is 2.13. The number of hydrogen-bond donors (Lipinski definition) is 2. The number of rotatable bonds is 7. The minimum Gasteiger partial charge on any atom is -0.370 e. The summed E-state index contributed by atoms with van der Waals surface area (Å²) in [6, 6.07) is 2.62. The first-order valence-corrected chi connectivity index (χ1v) is 7.71. The lowest BCUT2D eigenvalue weighted by Crippen LogP contribution is -2.22. The van der Waals surface area contributed by atoms with E-state index in [1.54, 1.807) is 6.33 Å². The van der Waals surface area contributed by atoms with Crippen molar-refractivity contribution in [3.63, 3.8) is 0 Å². The summed E-state index contributed by atoms with van der Waals surface area (Å²) in [5.41, 5.74) is 0. The van der Waals surface area contributed by atoms with E-state index in [2.05, 4.69) is 27.5 Å². The zero-order valence-corrected chi connectivity index (χ0v) is 12.0. The van der Waals surface area contributed by atoms with E-state index in [1.165, 1.54) is 51.4 Å². The summed E-state index contributed by atoms with van der Waals surface area (Å²) in [5, 5.41) is 6.90. The number of aromatic nitrogens is 2. The van der Waals surface area contributed by atoms with Gasteiger partial charge in [0.2, 0.25) is 0 Å². The Hall–Kier alpha value is -1.32. The second-order valence-electron chi connectivity index (χ2n) is 5.40. The molecule has 0 atom stereocenters. The lowest BCUT2D eigenvalue weighted by Gasteiger charge is -2.23. The molecular weight excluding hydrogens is 236 g/mol. The molecule has 106 valence electrons. The molecule has 0 unspecified atom stereocenters. The Kier molecular flexibility index (Phi) is 5.92. The van der Waals surface area contributed by atoms with E-state index in [-0.39, 0.29) is 0 Å². The van der Waals surface area contributed by atoms with Crippen molar-refractivity contribution < 1.29 is 0 Å². The summed E-state index contributed by atoms with van der Waals surface area (Å²) >= 11 is 0. The van der Waals surface area contributed by atoms with E-state index in [1.807, 2.05) is 6.07 Å². The Morgan fingerprint density at radius 2 is 1.89 bits per heavy atom. The average Bonchev–Trinajstić information content (AvgIpc) is 2.45. The van der Waals surface area contributed by atoms with Crippen LogP contribution in [0.2, 0.25) is 0 Å². The molecule has 0 saturated heterocycles. The molecule has 2 rings (SSSR count). The van der Waals surface area contributed by atoms with Gasteiger partial charge in [0.25, 0.3) is 0 Å². The smallest absolute Gasteiger partial charge is 0.131 e. The third-order valence-electron chi connectivity index (χ3n) is 3.71. The molecule has 4 heteroatoms. The molecule has 0 bridgehead atoms. The second-order valence-corrected chi connectivity index (χ2v) is 5.40. The van der Waals surface area contributed by atoms with Crippen LogP contribution in [0.4, 0.5) is 11.6 Å². The molecule has 1 fully saturated rings. The van der Waals surface area contributed by atoms with Crippen molar-refractivity contribution in [3.8, 4) is 0 Å². The largest absolute Gasteiger partial charge is 0.370 e. The van der Waals surface area contributed by atoms with Crippen molar-refractivity contribution in [1.29, 1.82) is 0 Å². The van der Waals surface area contributed by atoms with Gasteiger partial charge in [-0.05, 0) is 19.3 Å². The summed E-state index contributed by atoms with van der Waals surface area (Å²) in [5.74, 6) is 1.89. The molecule has 1 aliphatic carbocycles. The number of hydrogen-bond acceptors (Lipinski definition) is 4. The molecule has 0 aliphatic heterocycles. The van der Waals surface area contributed by atoms with E-state index in [9.17, 15) is 0 Å². The molecule has 19 heavy (non-hydrogen) atoms. The van der Waals surface area contributed by atoms with Crippen LogP contribution in [-0.2, 0) is 0 Å². The zero-order valence-electron chi connectivity index (χ0n) is 12.0. The number of anilines is 2. The molecule has 1 aromatic rings. The van der Waals surface area contributed by atoms with Gasteiger partial charge in [0.05, 0.1) is 0 Å². The summed E-state index contributed by atoms with van der Waals surface area (Å²) in [4.78, 5) is 8.58. The van der Waals surface area contributed by atoms with E-state index in [0.717, 1.165) is 18.2 Å². The molecule has 2 N–H and O–H groups in total. The van der Waals surface area contributed by atoms with Gasteiger partial charge in [-0.25, -0.2) is 9.97 Å². The first kappa shape index (κ1) is 14.1. The van der Waals surface area contributed by atoms with Gasteiger partial charge in [-0.2, -0.15) is 0 Å². The van der Waals surface area contributed by atoms with Gasteiger partial charge >= 0.3 is 0 Å². The summed E-state index contributed by atoms with van der Waals surface area (Å²) in [6.45, 7) is 3.21. The van der Waals surface area contributed by atoms with Gasteiger partial charge in [0.1, 0.15) is 18.0 Å². The van der Waals surface area contributed by atoms with Crippen molar-refractivity contribution in [3.05, 3.63) is 12.4 Å². The van der Waals surface area contributed by atoms with Crippen LogP contribution in [0.15, 0.2) is 12.4 Å². The summed E-state index contributed by atoms with van der Waals surface area (Å²) < 4.78 is 0. The standard InChI is InChI=1S/C15H26N4/c1-2-3-7-10-16-14-11-15(18-12-17-14)19-13-8-5-4-6-9-13/h11-13H,2-10H2,1H3,(H2,16,17,18,19). The Morgan fingerprint density at radius 3 is 2.68 bits per heavy atom. The second kappa shape index (κ2) is 7.97. The maximum absolute atomic E-state index is 4.32. The lowest BCUT2D eigenvalue weighted by molar-refractivity contribution is 0.462. The Morgan fingerprint density at radius 1 is 1.11 bits per heavy atom. The highest BCUT2D eigenvalue weighted by atomic mass is 15.1. The molecule has 1 aliphatic rings. The number of unbranched alkanes of at least 4 members (excludes halogenated alkanes) is 2. The van der Waals surface area contributed by atoms with Crippen LogP contribution in [0, 0.1) is 0 Å². The van der Waals surface area contributed by atoms with Crippen molar-refractivity contribution in [2.45, 2.75) is 64.3 Å². The number of nitrogens with one attached hydrogen (secondary N) is 2. The molecule has 0 amide bonds. The van der Waals surface area contributed by atoms with Gasteiger partial charge in [-0.3, -0.25) is 0 Å². The Bertz CT molecular complexity index is 361. The van der Waals surface area contributed by atoms with Gasteiger partial charge in [0, 0.05) is 18.7 Å². The third kappa shape index (κ3) is 5.05. The quantitative estimate of drug-likeness (QED) is 0.733. The van der Waals surface area contributed by atoms with Gasteiger partial charge in [-0.15, -0.1) is 0 Å².